The van der Waals surface area contributed by atoms with E-state index < -0.39 is 10.0 Å². The molecule has 22 heavy (non-hydrogen) atoms. The zero-order valence-corrected chi connectivity index (χ0v) is 13.5. The fourth-order valence-corrected chi connectivity index (χ4v) is 3.17. The Morgan fingerprint density at radius 1 is 1.05 bits per heavy atom. The Balaban J connectivity index is 2.27. The molecule has 0 aliphatic heterocycles. The second kappa shape index (κ2) is 6.75. The van der Waals surface area contributed by atoms with Crippen molar-refractivity contribution in [3.63, 3.8) is 0 Å². The molecule has 0 heterocycles. The summed E-state index contributed by atoms with van der Waals surface area (Å²) in [6.07, 6.45) is 1.24. The molecule has 0 radical (unpaired) electrons. The predicted octanol–water partition coefficient (Wildman–Crippen LogP) is 3.64. The molecule has 2 aromatic rings. The van der Waals surface area contributed by atoms with E-state index in [1.54, 1.807) is 31.2 Å². The van der Waals surface area contributed by atoms with Crippen LogP contribution in [0.3, 0.4) is 0 Å². The van der Waals surface area contributed by atoms with Gasteiger partial charge in [0.1, 0.15) is 0 Å². The number of aryl methyl sites for hydroxylation is 1. The highest BCUT2D eigenvalue weighted by Gasteiger charge is 2.16. The molecule has 1 N–H and O–H groups in total. The molecule has 0 spiro atoms. The number of benzene rings is 2. The lowest BCUT2D eigenvalue weighted by atomic mass is 10.1. The van der Waals surface area contributed by atoms with Crippen molar-refractivity contribution in [2.24, 2.45) is 0 Å². The molecule has 0 bridgehead atoms. The van der Waals surface area contributed by atoms with E-state index >= 15 is 0 Å². The zero-order valence-electron chi connectivity index (χ0n) is 12.7. The summed E-state index contributed by atoms with van der Waals surface area (Å²) < 4.78 is 27.3. The molecule has 0 aromatic heterocycles. The number of sulfonamides is 1. The van der Waals surface area contributed by atoms with Crippen molar-refractivity contribution in [1.82, 2.24) is 0 Å². The smallest absolute Gasteiger partial charge is 0.261 e. The summed E-state index contributed by atoms with van der Waals surface area (Å²) in [7, 11) is -3.70. The molecule has 0 atom stereocenters. The van der Waals surface area contributed by atoms with E-state index in [1.165, 1.54) is 12.1 Å². The van der Waals surface area contributed by atoms with Crippen LogP contribution < -0.4 is 4.72 Å². The molecule has 0 saturated heterocycles. The van der Waals surface area contributed by atoms with Crippen LogP contribution in [0.25, 0.3) is 0 Å². The van der Waals surface area contributed by atoms with Crippen LogP contribution in [-0.2, 0) is 16.4 Å². The Hall–Kier alpha value is -2.14. The summed E-state index contributed by atoms with van der Waals surface area (Å²) >= 11 is 0. The van der Waals surface area contributed by atoms with E-state index in [2.05, 4.69) is 4.72 Å². The lowest BCUT2D eigenvalue weighted by molar-refractivity contribution is 0.0988. The van der Waals surface area contributed by atoms with E-state index in [9.17, 15) is 13.2 Å². The van der Waals surface area contributed by atoms with E-state index in [4.69, 9.17) is 0 Å². The lowest BCUT2D eigenvalue weighted by Crippen LogP contribution is -2.13. The molecule has 0 saturated carbocycles. The Labute approximate surface area is 131 Å². The van der Waals surface area contributed by atoms with Crippen molar-refractivity contribution in [3.05, 3.63) is 59.7 Å². The molecule has 0 fully saturated rings. The van der Waals surface area contributed by atoms with Crippen LogP contribution in [0.2, 0.25) is 0 Å². The van der Waals surface area contributed by atoms with Gasteiger partial charge in [-0.05, 0) is 36.2 Å². The minimum absolute atomic E-state index is 0.0793. The number of ketones is 1. The van der Waals surface area contributed by atoms with Gasteiger partial charge in [0.2, 0.25) is 0 Å². The van der Waals surface area contributed by atoms with Gasteiger partial charge in [-0.1, -0.05) is 38.1 Å². The van der Waals surface area contributed by atoms with Gasteiger partial charge in [0.15, 0.2) is 5.78 Å². The van der Waals surface area contributed by atoms with Crippen LogP contribution in [-0.4, -0.2) is 14.2 Å². The topological polar surface area (TPSA) is 63.2 Å². The molecule has 2 rings (SSSR count). The van der Waals surface area contributed by atoms with Gasteiger partial charge >= 0.3 is 0 Å². The summed E-state index contributed by atoms with van der Waals surface area (Å²) in [4.78, 5) is 11.8. The first-order valence-electron chi connectivity index (χ1n) is 7.21. The maximum absolute atomic E-state index is 12.4. The fourth-order valence-electron chi connectivity index (χ4n) is 2.06. The summed E-state index contributed by atoms with van der Waals surface area (Å²) in [5.74, 6) is -0.0793. The van der Waals surface area contributed by atoms with Gasteiger partial charge in [-0.15, -0.1) is 0 Å². The molecule has 0 aliphatic rings. The molecule has 0 aliphatic carbocycles. The second-order valence-electron chi connectivity index (χ2n) is 4.96. The number of carbonyl (C=O) groups excluding carboxylic acids is 1. The standard InChI is InChI=1S/C17H19NO3S/c1-3-13-8-10-15(11-9-13)18-22(20,21)16-7-5-6-14(12-16)17(19)4-2/h5-12,18H,3-4H2,1-2H3. The van der Waals surface area contributed by atoms with Crippen LogP contribution in [0, 0.1) is 0 Å². The predicted molar refractivity (Wildman–Crippen MR) is 87.7 cm³/mol. The minimum atomic E-state index is -3.70. The van der Waals surface area contributed by atoms with Gasteiger partial charge in [-0.2, -0.15) is 0 Å². The van der Waals surface area contributed by atoms with Crippen molar-refractivity contribution >= 4 is 21.5 Å². The third kappa shape index (κ3) is 3.74. The minimum Gasteiger partial charge on any atom is -0.294 e. The van der Waals surface area contributed by atoms with Gasteiger partial charge in [-0.25, -0.2) is 8.42 Å². The Morgan fingerprint density at radius 2 is 1.73 bits per heavy atom. The first kappa shape index (κ1) is 16.2. The van der Waals surface area contributed by atoms with Gasteiger partial charge in [-0.3, -0.25) is 9.52 Å². The zero-order chi connectivity index (χ0) is 16.2. The highest BCUT2D eigenvalue weighted by molar-refractivity contribution is 7.92. The molecule has 5 heteroatoms. The van der Waals surface area contributed by atoms with Crippen LogP contribution >= 0.6 is 0 Å². The van der Waals surface area contributed by atoms with Crippen molar-refractivity contribution in [3.8, 4) is 0 Å². The van der Waals surface area contributed by atoms with Gasteiger partial charge in [0.05, 0.1) is 4.90 Å². The first-order valence-corrected chi connectivity index (χ1v) is 8.69. The number of Topliss-reactive ketones (excluding diaryl/α,β-unsaturated/α-hetero) is 1. The molecular weight excluding hydrogens is 298 g/mol. The number of hydrogen-bond acceptors (Lipinski definition) is 3. The van der Waals surface area contributed by atoms with E-state index in [-0.39, 0.29) is 10.7 Å². The van der Waals surface area contributed by atoms with Crippen molar-refractivity contribution in [2.45, 2.75) is 31.6 Å². The lowest BCUT2D eigenvalue weighted by Gasteiger charge is -2.09. The number of nitrogens with one attached hydrogen (secondary N) is 1. The Bertz CT molecular complexity index is 765. The monoisotopic (exact) mass is 317 g/mol. The molecular formula is C17H19NO3S. The van der Waals surface area contributed by atoms with Crippen LogP contribution in [0.5, 0.6) is 0 Å². The largest absolute Gasteiger partial charge is 0.294 e. The SMILES string of the molecule is CCC(=O)c1cccc(S(=O)(=O)Nc2ccc(CC)cc2)c1. The van der Waals surface area contributed by atoms with Crippen LogP contribution in [0.4, 0.5) is 5.69 Å². The maximum Gasteiger partial charge on any atom is 0.261 e. The van der Waals surface area contributed by atoms with E-state index in [1.807, 2.05) is 19.1 Å². The first-order chi connectivity index (χ1) is 10.5. The van der Waals surface area contributed by atoms with Crippen LogP contribution in [0.15, 0.2) is 53.4 Å². The molecule has 0 unspecified atom stereocenters. The average molecular weight is 317 g/mol. The maximum atomic E-state index is 12.4. The summed E-state index contributed by atoms with van der Waals surface area (Å²) in [5, 5.41) is 0. The number of hydrogen-bond donors (Lipinski definition) is 1. The molecule has 4 nitrogen and oxygen atoms in total. The quantitative estimate of drug-likeness (QED) is 0.827. The van der Waals surface area contributed by atoms with Crippen molar-refractivity contribution in [2.75, 3.05) is 4.72 Å². The summed E-state index contributed by atoms with van der Waals surface area (Å²) in [6.45, 7) is 3.78. The molecule has 2 aromatic carbocycles. The third-order valence-electron chi connectivity index (χ3n) is 3.40. The van der Waals surface area contributed by atoms with E-state index in [0.717, 1.165) is 12.0 Å². The van der Waals surface area contributed by atoms with Crippen LogP contribution in [0.1, 0.15) is 36.2 Å². The Morgan fingerprint density at radius 3 is 2.32 bits per heavy atom. The number of anilines is 1. The number of carbonyl (C=O) groups is 1. The number of rotatable bonds is 6. The van der Waals surface area contributed by atoms with Crippen molar-refractivity contribution in [1.29, 1.82) is 0 Å². The van der Waals surface area contributed by atoms with Crippen molar-refractivity contribution < 1.29 is 13.2 Å². The highest BCUT2D eigenvalue weighted by Crippen LogP contribution is 2.18. The van der Waals surface area contributed by atoms with E-state index in [0.29, 0.717) is 17.7 Å². The van der Waals surface area contributed by atoms with Gasteiger partial charge in [0.25, 0.3) is 10.0 Å². The van der Waals surface area contributed by atoms with Gasteiger partial charge in [0, 0.05) is 17.7 Å². The normalized spacial score (nSPS) is 11.2. The second-order valence-corrected chi connectivity index (χ2v) is 6.64. The highest BCUT2D eigenvalue weighted by atomic mass is 32.2. The van der Waals surface area contributed by atoms with Gasteiger partial charge < -0.3 is 0 Å². The average Bonchev–Trinajstić information content (AvgIpc) is 2.54. The Kier molecular flexibility index (Phi) is 4.98. The molecule has 0 amide bonds. The summed E-state index contributed by atoms with van der Waals surface area (Å²) in [6, 6.07) is 13.3. The molecule has 116 valence electrons. The summed E-state index contributed by atoms with van der Waals surface area (Å²) in [5.41, 5.74) is 2.05. The fraction of sp³-hybridized carbons (Fsp3) is 0.235. The third-order valence-corrected chi connectivity index (χ3v) is 4.78.